The number of amides is 1. The molecule has 1 N–H and O–H groups in total. The number of nitrogens with one attached hydrogen (secondary N) is 1. The van der Waals surface area contributed by atoms with Crippen LogP contribution in [0.3, 0.4) is 0 Å². The SMILES string of the molecule is O=C(OCc1ccccc1)N1CCC2(CC1)CNc1cnccc12. The minimum absolute atomic E-state index is 0.133. The smallest absolute Gasteiger partial charge is 0.410 e. The van der Waals surface area contributed by atoms with Crippen molar-refractivity contribution in [2.45, 2.75) is 24.9 Å². The molecule has 1 spiro atoms. The summed E-state index contributed by atoms with van der Waals surface area (Å²) >= 11 is 0. The molecule has 1 amide bonds. The Morgan fingerprint density at radius 3 is 2.79 bits per heavy atom. The molecule has 1 saturated heterocycles. The fraction of sp³-hybridized carbons (Fsp3) is 0.368. The van der Waals surface area contributed by atoms with Crippen LogP contribution in [0.4, 0.5) is 10.5 Å². The summed E-state index contributed by atoms with van der Waals surface area (Å²) in [7, 11) is 0. The minimum atomic E-state index is -0.213. The monoisotopic (exact) mass is 323 g/mol. The van der Waals surface area contributed by atoms with Crippen LogP contribution in [0.1, 0.15) is 24.0 Å². The van der Waals surface area contributed by atoms with Crippen molar-refractivity contribution >= 4 is 11.8 Å². The Kier molecular flexibility index (Phi) is 3.84. The Morgan fingerprint density at radius 2 is 2.00 bits per heavy atom. The zero-order valence-corrected chi connectivity index (χ0v) is 13.6. The quantitative estimate of drug-likeness (QED) is 0.922. The number of aromatic nitrogens is 1. The summed E-state index contributed by atoms with van der Waals surface area (Å²) in [5.41, 5.74) is 3.63. The molecule has 4 rings (SSSR count). The molecular weight excluding hydrogens is 302 g/mol. The van der Waals surface area contributed by atoms with Gasteiger partial charge in [0.15, 0.2) is 0 Å². The number of carbonyl (C=O) groups excluding carboxylic acids is 1. The van der Waals surface area contributed by atoms with Crippen LogP contribution in [0.15, 0.2) is 48.8 Å². The molecule has 2 aliphatic heterocycles. The molecule has 5 nitrogen and oxygen atoms in total. The average Bonchev–Trinajstić information content (AvgIpc) is 3.00. The number of nitrogens with zero attached hydrogens (tertiary/aromatic N) is 2. The van der Waals surface area contributed by atoms with E-state index in [1.807, 2.05) is 47.6 Å². The van der Waals surface area contributed by atoms with Crippen LogP contribution in [0.2, 0.25) is 0 Å². The summed E-state index contributed by atoms with van der Waals surface area (Å²) in [5, 5.41) is 3.45. The maximum atomic E-state index is 12.3. The third-order valence-corrected chi connectivity index (χ3v) is 5.19. The summed E-state index contributed by atoms with van der Waals surface area (Å²) in [6.07, 6.45) is 5.45. The molecule has 5 heteroatoms. The van der Waals surface area contributed by atoms with Gasteiger partial charge in [-0.15, -0.1) is 0 Å². The Hall–Kier alpha value is -2.56. The van der Waals surface area contributed by atoms with Crippen molar-refractivity contribution in [1.29, 1.82) is 0 Å². The highest BCUT2D eigenvalue weighted by Gasteiger charge is 2.42. The fourth-order valence-electron chi connectivity index (χ4n) is 3.73. The Labute approximate surface area is 141 Å². The normalized spacial score (nSPS) is 18.1. The fourth-order valence-corrected chi connectivity index (χ4v) is 3.73. The number of anilines is 1. The molecule has 3 heterocycles. The minimum Gasteiger partial charge on any atom is -0.445 e. The second-order valence-corrected chi connectivity index (χ2v) is 6.58. The van der Waals surface area contributed by atoms with E-state index in [0.29, 0.717) is 6.61 Å². The number of hydrogen-bond acceptors (Lipinski definition) is 4. The van der Waals surface area contributed by atoms with Crippen LogP contribution in [-0.2, 0) is 16.8 Å². The lowest BCUT2D eigenvalue weighted by molar-refractivity contribution is 0.0794. The first-order chi connectivity index (χ1) is 11.8. The van der Waals surface area contributed by atoms with E-state index in [2.05, 4.69) is 16.4 Å². The lowest BCUT2D eigenvalue weighted by atomic mass is 9.74. The summed E-state index contributed by atoms with van der Waals surface area (Å²) in [5.74, 6) is 0. The Morgan fingerprint density at radius 1 is 1.21 bits per heavy atom. The number of hydrogen-bond donors (Lipinski definition) is 1. The van der Waals surface area contributed by atoms with E-state index in [1.165, 1.54) is 5.56 Å². The van der Waals surface area contributed by atoms with Gasteiger partial charge in [0, 0.05) is 31.2 Å². The summed E-state index contributed by atoms with van der Waals surface area (Å²) < 4.78 is 5.45. The number of pyridine rings is 1. The van der Waals surface area contributed by atoms with Crippen molar-refractivity contribution in [2.24, 2.45) is 0 Å². The van der Waals surface area contributed by atoms with Gasteiger partial charge in [-0.3, -0.25) is 4.98 Å². The van der Waals surface area contributed by atoms with Crippen LogP contribution >= 0.6 is 0 Å². The molecule has 0 saturated carbocycles. The van der Waals surface area contributed by atoms with Gasteiger partial charge in [-0.05, 0) is 30.0 Å². The molecule has 1 aromatic heterocycles. The van der Waals surface area contributed by atoms with Gasteiger partial charge in [0.2, 0.25) is 0 Å². The molecule has 2 aromatic rings. The highest BCUT2D eigenvalue weighted by atomic mass is 16.6. The Balaban J connectivity index is 1.36. The van der Waals surface area contributed by atoms with E-state index in [9.17, 15) is 4.79 Å². The number of carbonyl (C=O) groups is 1. The molecule has 1 fully saturated rings. The number of rotatable bonds is 2. The molecular formula is C19H21N3O2. The molecule has 0 aliphatic carbocycles. The predicted octanol–water partition coefficient (Wildman–Crippen LogP) is 3.18. The van der Waals surface area contributed by atoms with E-state index in [1.54, 1.807) is 0 Å². The zero-order valence-electron chi connectivity index (χ0n) is 13.6. The molecule has 1 aromatic carbocycles. The number of fused-ring (bicyclic) bond motifs is 2. The van der Waals surface area contributed by atoms with Gasteiger partial charge >= 0.3 is 6.09 Å². The molecule has 24 heavy (non-hydrogen) atoms. The van der Waals surface area contributed by atoms with Crippen LogP contribution in [0.5, 0.6) is 0 Å². The second kappa shape index (κ2) is 6.15. The number of piperidine rings is 1. The van der Waals surface area contributed by atoms with Crippen molar-refractivity contribution in [2.75, 3.05) is 25.0 Å². The van der Waals surface area contributed by atoms with Crippen molar-refractivity contribution in [3.05, 3.63) is 59.9 Å². The molecule has 2 aliphatic rings. The summed E-state index contributed by atoms with van der Waals surface area (Å²) in [6, 6.07) is 11.9. The summed E-state index contributed by atoms with van der Waals surface area (Å²) in [6.45, 7) is 2.73. The maximum Gasteiger partial charge on any atom is 0.410 e. The highest BCUT2D eigenvalue weighted by molar-refractivity contribution is 5.68. The molecule has 0 radical (unpaired) electrons. The van der Waals surface area contributed by atoms with Crippen molar-refractivity contribution in [3.63, 3.8) is 0 Å². The van der Waals surface area contributed by atoms with Gasteiger partial charge in [0.25, 0.3) is 0 Å². The first-order valence-electron chi connectivity index (χ1n) is 8.41. The number of ether oxygens (including phenoxy) is 1. The van der Waals surface area contributed by atoms with Gasteiger partial charge in [0.1, 0.15) is 6.61 Å². The largest absolute Gasteiger partial charge is 0.445 e. The zero-order chi connectivity index (χ0) is 16.4. The average molecular weight is 323 g/mol. The van der Waals surface area contributed by atoms with E-state index in [-0.39, 0.29) is 11.5 Å². The van der Waals surface area contributed by atoms with Crippen LogP contribution in [-0.4, -0.2) is 35.6 Å². The Bertz CT molecular complexity index is 724. The van der Waals surface area contributed by atoms with Crippen molar-refractivity contribution in [1.82, 2.24) is 9.88 Å². The first kappa shape index (κ1) is 15.0. The molecule has 124 valence electrons. The van der Waals surface area contributed by atoms with Gasteiger partial charge in [-0.1, -0.05) is 30.3 Å². The lowest BCUT2D eigenvalue weighted by Crippen LogP contribution is -2.46. The second-order valence-electron chi connectivity index (χ2n) is 6.58. The topological polar surface area (TPSA) is 54.5 Å². The number of benzene rings is 1. The van der Waals surface area contributed by atoms with E-state index < -0.39 is 0 Å². The van der Waals surface area contributed by atoms with Crippen LogP contribution < -0.4 is 5.32 Å². The number of likely N-dealkylation sites (tertiary alicyclic amines) is 1. The third-order valence-electron chi connectivity index (χ3n) is 5.19. The van der Waals surface area contributed by atoms with Gasteiger partial charge in [-0.25, -0.2) is 4.79 Å². The highest BCUT2D eigenvalue weighted by Crippen LogP contribution is 2.43. The standard InChI is InChI=1S/C19H21N3O2/c23-18(24-13-15-4-2-1-3-5-15)22-10-7-19(8-11-22)14-21-17-12-20-9-6-16(17)19/h1-6,9,12,21H,7-8,10-11,13-14H2. The van der Waals surface area contributed by atoms with E-state index >= 15 is 0 Å². The van der Waals surface area contributed by atoms with Gasteiger partial charge in [-0.2, -0.15) is 0 Å². The predicted molar refractivity (Wildman–Crippen MR) is 91.8 cm³/mol. The third kappa shape index (κ3) is 2.70. The van der Waals surface area contributed by atoms with Gasteiger partial charge < -0.3 is 15.0 Å². The van der Waals surface area contributed by atoms with E-state index in [0.717, 1.165) is 43.7 Å². The molecule has 0 atom stereocenters. The molecule has 0 unspecified atom stereocenters. The van der Waals surface area contributed by atoms with E-state index in [4.69, 9.17) is 4.74 Å². The van der Waals surface area contributed by atoms with Crippen molar-refractivity contribution in [3.8, 4) is 0 Å². The van der Waals surface area contributed by atoms with Crippen molar-refractivity contribution < 1.29 is 9.53 Å². The van der Waals surface area contributed by atoms with Gasteiger partial charge in [0.05, 0.1) is 11.9 Å². The lowest BCUT2D eigenvalue weighted by Gasteiger charge is -2.38. The summed E-state index contributed by atoms with van der Waals surface area (Å²) in [4.78, 5) is 18.3. The maximum absolute atomic E-state index is 12.3. The van der Waals surface area contributed by atoms with Crippen LogP contribution in [0.25, 0.3) is 0 Å². The molecule has 0 bridgehead atoms. The first-order valence-corrected chi connectivity index (χ1v) is 8.41. The van der Waals surface area contributed by atoms with Crippen LogP contribution in [0, 0.1) is 0 Å².